The van der Waals surface area contributed by atoms with E-state index in [2.05, 4.69) is 31.2 Å². The van der Waals surface area contributed by atoms with Crippen molar-refractivity contribution in [2.24, 2.45) is 39.3 Å². The maximum absolute atomic E-state index is 14.3. The largest absolute Gasteiger partial charge is 0.480 e. The first kappa shape index (κ1) is 47.1. The van der Waals surface area contributed by atoms with Crippen LogP contribution in [0.5, 0.6) is 0 Å². The first-order valence-electron chi connectivity index (χ1n) is 20.1. The Hall–Kier alpha value is -5.23. The van der Waals surface area contributed by atoms with E-state index in [1.165, 1.54) is 4.90 Å². The summed E-state index contributed by atoms with van der Waals surface area (Å²) in [7, 11) is 0. The fraction of sp³-hybridized carbons (Fsp3) is 0.625. The maximum Gasteiger partial charge on any atom is 0.326 e. The summed E-state index contributed by atoms with van der Waals surface area (Å²) in [6.45, 7) is 9.81. The van der Waals surface area contributed by atoms with Crippen molar-refractivity contribution in [3.8, 4) is 0 Å². The number of fused-ring (bicyclic) bond motifs is 1. The third-order valence-electron chi connectivity index (χ3n) is 10.2. The molecule has 0 bridgehead atoms. The molecule has 58 heavy (non-hydrogen) atoms. The van der Waals surface area contributed by atoms with E-state index in [0.29, 0.717) is 45.1 Å². The first-order chi connectivity index (χ1) is 27.3. The molecule has 1 fully saturated rings. The highest BCUT2D eigenvalue weighted by atomic mass is 16.4. The topological polar surface area (TPSA) is 306 Å². The number of amides is 5. The normalized spacial score (nSPS) is 16.8. The number of carbonyl (C=O) groups excluding carboxylic acids is 5. The van der Waals surface area contributed by atoms with Crippen LogP contribution >= 0.6 is 0 Å². The monoisotopic (exact) mass is 812 g/mol. The van der Waals surface area contributed by atoms with Crippen LogP contribution in [0.3, 0.4) is 0 Å². The van der Waals surface area contributed by atoms with Crippen molar-refractivity contribution in [2.75, 3.05) is 19.6 Å². The number of aromatic amines is 1. The van der Waals surface area contributed by atoms with Gasteiger partial charge in [0.1, 0.15) is 30.2 Å². The molecule has 0 saturated carbocycles. The van der Waals surface area contributed by atoms with Gasteiger partial charge in [-0.25, -0.2) is 4.79 Å². The molecule has 1 aliphatic rings. The van der Waals surface area contributed by atoms with E-state index < -0.39 is 77.2 Å². The number of benzene rings is 1. The minimum absolute atomic E-state index is 0.0258. The minimum Gasteiger partial charge on any atom is -0.480 e. The first-order valence-corrected chi connectivity index (χ1v) is 20.1. The lowest BCUT2D eigenvalue weighted by Crippen LogP contribution is -2.61. The van der Waals surface area contributed by atoms with Gasteiger partial charge in [-0.3, -0.25) is 29.0 Å². The van der Waals surface area contributed by atoms with Crippen LogP contribution < -0.4 is 44.2 Å². The highest BCUT2D eigenvalue weighted by Gasteiger charge is 2.41. The molecule has 0 spiro atoms. The number of aliphatic carboxylic acids is 1. The highest BCUT2D eigenvalue weighted by molar-refractivity contribution is 5.97. The minimum atomic E-state index is -1.21. The number of nitrogens with two attached hydrogens (primary N) is 4. The second kappa shape index (κ2) is 22.1. The second-order valence-corrected chi connectivity index (χ2v) is 16.5. The molecule has 322 valence electrons. The molecule has 0 aliphatic carbocycles. The van der Waals surface area contributed by atoms with Crippen molar-refractivity contribution in [1.29, 1.82) is 0 Å². The molecule has 1 aromatic carbocycles. The zero-order chi connectivity index (χ0) is 43.2. The number of H-pyrrole nitrogens is 1. The molecule has 0 unspecified atom stereocenters. The number of nitrogens with zero attached hydrogens (tertiary/aromatic N) is 2. The van der Waals surface area contributed by atoms with Crippen LogP contribution in [0.2, 0.25) is 0 Å². The lowest BCUT2D eigenvalue weighted by atomic mass is 9.85. The van der Waals surface area contributed by atoms with Gasteiger partial charge in [-0.05, 0) is 80.5 Å². The molecule has 2 aromatic rings. The van der Waals surface area contributed by atoms with E-state index in [4.69, 9.17) is 22.9 Å². The van der Waals surface area contributed by atoms with E-state index in [-0.39, 0.29) is 44.2 Å². The summed E-state index contributed by atoms with van der Waals surface area (Å²) in [6, 6.07) is 0.955. The molecule has 2 heterocycles. The maximum atomic E-state index is 14.3. The quantitative estimate of drug-likeness (QED) is 0.0439. The molecule has 18 heteroatoms. The van der Waals surface area contributed by atoms with Gasteiger partial charge in [0.25, 0.3) is 0 Å². The summed E-state index contributed by atoms with van der Waals surface area (Å²) in [5, 5.41) is 21.7. The number of aliphatic imine (C=N–C) groups is 1. The van der Waals surface area contributed by atoms with Crippen molar-refractivity contribution >= 4 is 52.4 Å². The molecule has 1 aromatic heterocycles. The van der Waals surface area contributed by atoms with Crippen LogP contribution in [0, 0.1) is 11.3 Å². The van der Waals surface area contributed by atoms with E-state index in [1.54, 1.807) is 27.0 Å². The number of likely N-dealkylation sites (tertiary alicyclic amines) is 1. The molecule has 5 amide bonds. The van der Waals surface area contributed by atoms with Gasteiger partial charge < -0.3 is 59.2 Å². The van der Waals surface area contributed by atoms with Crippen LogP contribution in [-0.2, 0) is 35.2 Å². The van der Waals surface area contributed by atoms with E-state index in [1.807, 2.05) is 38.1 Å². The molecule has 1 aliphatic heterocycles. The Labute approximate surface area is 340 Å². The number of hydrogen-bond donors (Lipinski definition) is 10. The summed E-state index contributed by atoms with van der Waals surface area (Å²) < 4.78 is 0. The predicted octanol–water partition coefficient (Wildman–Crippen LogP) is 0.327. The van der Waals surface area contributed by atoms with Crippen molar-refractivity contribution in [1.82, 2.24) is 31.2 Å². The molecule has 1 saturated heterocycles. The summed E-state index contributed by atoms with van der Waals surface area (Å²) >= 11 is 0. The number of carboxylic acid groups (broad SMARTS) is 1. The molecule has 3 rings (SSSR count). The fourth-order valence-corrected chi connectivity index (χ4v) is 7.07. The Balaban J connectivity index is 1.91. The number of nitrogens with one attached hydrogen (secondary N) is 5. The van der Waals surface area contributed by atoms with E-state index in [9.17, 15) is 33.9 Å². The van der Waals surface area contributed by atoms with Gasteiger partial charge in [0.2, 0.25) is 29.5 Å². The van der Waals surface area contributed by atoms with Crippen LogP contribution in [-0.4, -0.2) is 112 Å². The molecule has 6 atom stereocenters. The summed E-state index contributed by atoms with van der Waals surface area (Å²) in [5.41, 5.74) is 23.4. The van der Waals surface area contributed by atoms with Gasteiger partial charge in [0.05, 0.1) is 6.04 Å². The summed E-state index contributed by atoms with van der Waals surface area (Å²) in [4.78, 5) is 90.2. The average Bonchev–Trinajstić information content (AvgIpc) is 3.84. The lowest BCUT2D eigenvalue weighted by molar-refractivity contribution is -0.143. The fourth-order valence-electron chi connectivity index (χ4n) is 7.07. The summed E-state index contributed by atoms with van der Waals surface area (Å²) in [6.07, 6.45) is 4.99. The second-order valence-electron chi connectivity index (χ2n) is 16.5. The van der Waals surface area contributed by atoms with Gasteiger partial charge in [-0.1, -0.05) is 53.2 Å². The molecule has 18 nitrogen and oxygen atoms in total. The van der Waals surface area contributed by atoms with Crippen molar-refractivity contribution in [3.63, 3.8) is 0 Å². The van der Waals surface area contributed by atoms with Crippen molar-refractivity contribution in [2.45, 2.75) is 129 Å². The SMILES string of the molecule is CC(C)C[C@H](NC(=O)[C@@H](NC(=O)[C@@H](Cc1cccc2[nH]ccc12)NC(=O)[C@@H]1CCCN1C(=O)[C@H](CCCN=C(N)N)NC(=O)[C@H](N)CCCCN)C(C)(C)C)C(=O)O. The van der Waals surface area contributed by atoms with Gasteiger partial charge in [0.15, 0.2) is 5.96 Å². The van der Waals surface area contributed by atoms with Crippen molar-refractivity contribution in [3.05, 3.63) is 36.0 Å². The Bertz CT molecular complexity index is 1750. The number of guanidine groups is 1. The average molecular weight is 812 g/mol. The number of aromatic nitrogens is 1. The van der Waals surface area contributed by atoms with Crippen LogP contribution in [0.1, 0.15) is 91.5 Å². The highest BCUT2D eigenvalue weighted by Crippen LogP contribution is 2.24. The predicted molar refractivity (Wildman–Crippen MR) is 222 cm³/mol. The number of rotatable bonds is 22. The van der Waals surface area contributed by atoms with E-state index in [0.717, 1.165) is 16.5 Å². The number of carboxylic acids is 1. The van der Waals surface area contributed by atoms with Crippen LogP contribution in [0.15, 0.2) is 35.5 Å². The number of hydrogen-bond acceptors (Lipinski definition) is 9. The number of carbonyl (C=O) groups is 6. The van der Waals surface area contributed by atoms with Crippen LogP contribution in [0.4, 0.5) is 0 Å². The third kappa shape index (κ3) is 14.0. The Morgan fingerprint density at radius 3 is 2.26 bits per heavy atom. The van der Waals surface area contributed by atoms with Crippen LogP contribution in [0.25, 0.3) is 10.9 Å². The molecular formula is C40H65N11O7. The van der Waals surface area contributed by atoms with Crippen molar-refractivity contribution < 1.29 is 33.9 Å². The Morgan fingerprint density at radius 2 is 1.62 bits per heavy atom. The lowest BCUT2D eigenvalue weighted by Gasteiger charge is -2.33. The number of unbranched alkanes of at least 4 members (excludes halogenated alkanes) is 1. The Morgan fingerprint density at radius 1 is 0.914 bits per heavy atom. The third-order valence-corrected chi connectivity index (χ3v) is 10.2. The summed E-state index contributed by atoms with van der Waals surface area (Å²) in [5.74, 6) is -4.25. The molecular weight excluding hydrogens is 747 g/mol. The smallest absolute Gasteiger partial charge is 0.326 e. The van der Waals surface area contributed by atoms with Gasteiger partial charge >= 0.3 is 5.97 Å². The van der Waals surface area contributed by atoms with Gasteiger partial charge in [0, 0.05) is 36.6 Å². The van der Waals surface area contributed by atoms with Gasteiger partial charge in [-0.15, -0.1) is 0 Å². The Kier molecular flexibility index (Phi) is 17.9. The zero-order valence-electron chi connectivity index (χ0n) is 34.5. The van der Waals surface area contributed by atoms with Gasteiger partial charge in [-0.2, -0.15) is 0 Å². The van der Waals surface area contributed by atoms with E-state index >= 15 is 0 Å². The molecule has 14 N–H and O–H groups in total. The zero-order valence-corrected chi connectivity index (χ0v) is 34.5. The molecule has 0 radical (unpaired) electrons. The standard InChI is InChI=1S/C40H65N11O7/c1-23(2)21-30(38(57)58)49-36(55)32(40(3,4)5)50-34(53)29(22-24-11-8-13-27-25(24)16-19-45-27)48-35(54)31-15-10-20-51(31)37(56)28(14-9-18-46-39(43)44)47-33(52)26(42)12-6-7-17-41/h8,11,13,16,19,23,26,28-32,45H,6-7,9-10,12,14-15,17-18,20-22,41-42H2,1-5H3,(H,47,52)(H,48,54)(H,49,55)(H,50,53)(H,57,58)(H4,43,44,46)/t26-,28+,29-,30+,31+,32-/m1/s1.